The Morgan fingerprint density at radius 1 is 1.37 bits per heavy atom. The molecule has 0 amide bonds. The third kappa shape index (κ3) is 3.31. The third-order valence-electron chi connectivity index (χ3n) is 2.76. The highest BCUT2D eigenvalue weighted by Gasteiger charge is 2.39. The van der Waals surface area contributed by atoms with E-state index in [-0.39, 0.29) is 0 Å². The van der Waals surface area contributed by atoms with E-state index in [0.29, 0.717) is 11.3 Å². The van der Waals surface area contributed by atoms with Gasteiger partial charge in [0.05, 0.1) is 20.1 Å². The Morgan fingerprint density at radius 2 is 1.95 bits per heavy atom. The van der Waals surface area contributed by atoms with Crippen molar-refractivity contribution < 1.29 is 19.2 Å². The molecule has 6 heteroatoms. The molecule has 0 N–H and O–H groups in total. The predicted octanol–water partition coefficient (Wildman–Crippen LogP) is 1.78. The first-order valence-electron chi connectivity index (χ1n) is 5.53. The number of nitrogens with zero attached hydrogens (tertiary/aromatic N) is 1. The number of carbonyl (C=O) groups excluding carboxylic acids is 1. The lowest BCUT2D eigenvalue weighted by molar-refractivity contribution is -0.512. The highest BCUT2D eigenvalue weighted by Crippen LogP contribution is 2.25. The van der Waals surface area contributed by atoms with Crippen molar-refractivity contribution in [2.75, 3.05) is 14.2 Å². The van der Waals surface area contributed by atoms with Crippen LogP contribution in [-0.2, 0) is 9.53 Å². The van der Waals surface area contributed by atoms with E-state index >= 15 is 0 Å². The Morgan fingerprint density at radius 3 is 2.32 bits per heavy atom. The molecule has 0 spiro atoms. The molecule has 1 aromatic rings. The van der Waals surface area contributed by atoms with Crippen LogP contribution in [0, 0.1) is 10.1 Å². The molecular weight excluding hydrogens is 250 g/mol. The summed E-state index contributed by atoms with van der Waals surface area (Å²) in [5.41, 5.74) is 0.600. The van der Waals surface area contributed by atoms with Gasteiger partial charge < -0.3 is 9.47 Å². The van der Waals surface area contributed by atoms with Crippen LogP contribution >= 0.6 is 0 Å². The normalized spacial score (nSPS) is 13.2. The van der Waals surface area contributed by atoms with E-state index in [1.807, 2.05) is 0 Å². The van der Waals surface area contributed by atoms with E-state index < -0.39 is 22.9 Å². The summed E-state index contributed by atoms with van der Waals surface area (Å²) in [5, 5.41) is 11.0. The van der Waals surface area contributed by atoms with Crippen molar-refractivity contribution in [3.63, 3.8) is 0 Å². The van der Waals surface area contributed by atoms with Crippen molar-refractivity contribution in [3.05, 3.63) is 52.6 Å². The minimum Gasteiger partial charge on any atom is -0.497 e. The van der Waals surface area contributed by atoms with Crippen LogP contribution in [-0.4, -0.2) is 31.2 Å². The molecule has 0 aliphatic heterocycles. The third-order valence-corrected chi connectivity index (χ3v) is 2.76. The first-order valence-corrected chi connectivity index (χ1v) is 5.53. The van der Waals surface area contributed by atoms with Crippen LogP contribution in [0.1, 0.15) is 11.5 Å². The fourth-order valence-corrected chi connectivity index (χ4v) is 1.76. The molecule has 0 aliphatic rings. The Labute approximate surface area is 110 Å². The van der Waals surface area contributed by atoms with Crippen molar-refractivity contribution in [1.82, 2.24) is 0 Å². The average Bonchev–Trinajstić information content (AvgIpc) is 2.43. The van der Waals surface area contributed by atoms with Gasteiger partial charge in [0.15, 0.2) is 0 Å². The maximum Gasteiger partial charge on any atom is 0.382 e. The van der Waals surface area contributed by atoms with Crippen molar-refractivity contribution in [2.24, 2.45) is 0 Å². The number of rotatable bonds is 6. The monoisotopic (exact) mass is 265 g/mol. The molecule has 6 nitrogen and oxygen atoms in total. The van der Waals surface area contributed by atoms with Crippen LogP contribution in [0.5, 0.6) is 5.75 Å². The van der Waals surface area contributed by atoms with Crippen molar-refractivity contribution >= 4 is 5.97 Å². The first-order chi connectivity index (χ1) is 9.04. The quantitative estimate of drug-likeness (QED) is 0.339. The molecule has 0 heterocycles. The summed E-state index contributed by atoms with van der Waals surface area (Å²) in [6, 6.07) is 5.14. The molecule has 0 aliphatic carbocycles. The van der Waals surface area contributed by atoms with Gasteiger partial charge in [0.1, 0.15) is 5.75 Å². The van der Waals surface area contributed by atoms with Crippen molar-refractivity contribution in [1.29, 1.82) is 0 Å². The fraction of sp³-hybridized carbons (Fsp3) is 0.308. The molecule has 0 fully saturated rings. The number of carbonyl (C=O) groups is 1. The molecule has 1 aromatic carbocycles. The van der Waals surface area contributed by atoms with Gasteiger partial charge in [-0.25, -0.2) is 4.79 Å². The van der Waals surface area contributed by atoms with Gasteiger partial charge in [-0.15, -0.1) is 6.58 Å². The van der Waals surface area contributed by atoms with E-state index in [4.69, 9.17) is 4.74 Å². The van der Waals surface area contributed by atoms with E-state index in [0.717, 1.165) is 7.11 Å². The largest absolute Gasteiger partial charge is 0.497 e. The van der Waals surface area contributed by atoms with Crippen LogP contribution in [0.15, 0.2) is 36.9 Å². The highest BCUT2D eigenvalue weighted by molar-refractivity contribution is 5.76. The summed E-state index contributed by atoms with van der Waals surface area (Å²) in [4.78, 5) is 21.9. The Balaban J connectivity index is 3.11. The smallest absolute Gasteiger partial charge is 0.382 e. The number of methoxy groups -OCH3 is 2. The minimum atomic E-state index is -1.50. The average molecular weight is 265 g/mol. The second-order valence-electron chi connectivity index (χ2n) is 3.79. The second-order valence-corrected chi connectivity index (χ2v) is 3.79. The molecule has 0 aromatic heterocycles. The van der Waals surface area contributed by atoms with Gasteiger partial charge in [-0.1, -0.05) is 18.2 Å². The lowest BCUT2D eigenvalue weighted by Crippen LogP contribution is -2.35. The first kappa shape index (κ1) is 14.7. The van der Waals surface area contributed by atoms with E-state index in [2.05, 4.69) is 11.3 Å². The summed E-state index contributed by atoms with van der Waals surface area (Å²) in [6.45, 7) is 3.56. The maximum atomic E-state index is 11.5. The van der Waals surface area contributed by atoms with Crippen molar-refractivity contribution in [2.45, 2.75) is 12.0 Å². The van der Waals surface area contributed by atoms with E-state index in [1.165, 1.54) is 13.2 Å². The van der Waals surface area contributed by atoms with Gasteiger partial charge in [0.25, 0.3) is 0 Å². The van der Waals surface area contributed by atoms with Gasteiger partial charge in [-0.3, -0.25) is 10.1 Å². The second kappa shape index (κ2) is 6.53. The zero-order chi connectivity index (χ0) is 14.4. The van der Waals surface area contributed by atoms with Gasteiger partial charge in [-0.2, -0.15) is 0 Å². The molecule has 2 atom stereocenters. The predicted molar refractivity (Wildman–Crippen MR) is 68.7 cm³/mol. The molecule has 0 saturated heterocycles. The van der Waals surface area contributed by atoms with Gasteiger partial charge >= 0.3 is 12.0 Å². The van der Waals surface area contributed by atoms with Gasteiger partial charge in [0.2, 0.25) is 0 Å². The lowest BCUT2D eigenvalue weighted by atomic mass is 9.92. The van der Waals surface area contributed by atoms with Crippen LogP contribution in [0.2, 0.25) is 0 Å². The van der Waals surface area contributed by atoms with Gasteiger partial charge in [0, 0.05) is 4.92 Å². The number of benzene rings is 1. The van der Waals surface area contributed by atoms with Crippen LogP contribution in [0.4, 0.5) is 0 Å². The minimum absolute atomic E-state index is 0.600. The molecule has 0 saturated carbocycles. The number of hydrogen-bond donors (Lipinski definition) is 0. The number of nitro groups is 1. The summed E-state index contributed by atoms with van der Waals surface area (Å²) in [7, 11) is 2.64. The van der Waals surface area contributed by atoms with Gasteiger partial charge in [-0.05, 0) is 17.7 Å². The Bertz CT molecular complexity index is 468. The zero-order valence-corrected chi connectivity index (χ0v) is 10.7. The molecule has 0 bridgehead atoms. The van der Waals surface area contributed by atoms with E-state index in [1.54, 1.807) is 24.3 Å². The highest BCUT2D eigenvalue weighted by atomic mass is 16.6. The number of hydrogen-bond acceptors (Lipinski definition) is 5. The summed E-state index contributed by atoms with van der Waals surface area (Å²) in [6.07, 6.45) is 1.37. The molecule has 2 unspecified atom stereocenters. The molecule has 102 valence electrons. The van der Waals surface area contributed by atoms with E-state index in [9.17, 15) is 14.9 Å². The SMILES string of the molecule is C=CC(c1ccc(OC)cc1)C(C(=O)OC)[N+](=O)[O-]. The van der Waals surface area contributed by atoms with Crippen molar-refractivity contribution in [3.8, 4) is 5.75 Å². The summed E-state index contributed by atoms with van der Waals surface area (Å²) in [5.74, 6) is -1.03. The van der Waals surface area contributed by atoms with Crippen LogP contribution < -0.4 is 4.74 Å². The zero-order valence-electron chi connectivity index (χ0n) is 10.7. The number of ether oxygens (including phenoxy) is 2. The fourth-order valence-electron chi connectivity index (χ4n) is 1.76. The molecular formula is C13H15NO5. The van der Waals surface area contributed by atoms with Crippen LogP contribution in [0.25, 0.3) is 0 Å². The molecule has 0 radical (unpaired) electrons. The Hall–Kier alpha value is -2.37. The van der Waals surface area contributed by atoms with Crippen LogP contribution in [0.3, 0.4) is 0 Å². The topological polar surface area (TPSA) is 78.7 Å². The summed E-state index contributed by atoms with van der Waals surface area (Å²) >= 11 is 0. The lowest BCUT2D eigenvalue weighted by Gasteiger charge is -2.16. The molecule has 19 heavy (non-hydrogen) atoms. The maximum absolute atomic E-state index is 11.5. The standard InChI is InChI=1S/C13H15NO5/c1-4-11(12(14(16)17)13(15)19-3)9-5-7-10(18-2)8-6-9/h4-8,11-12H,1H2,2-3H3. The number of esters is 1. The molecule has 1 rings (SSSR count). The Kier molecular flexibility index (Phi) is 5.05. The summed E-state index contributed by atoms with van der Waals surface area (Å²) < 4.78 is 9.48.